The Morgan fingerprint density at radius 3 is 2.36 bits per heavy atom. The van der Waals surface area contributed by atoms with Crippen LogP contribution in [0.1, 0.15) is 80.9 Å². The summed E-state index contributed by atoms with van der Waals surface area (Å²) in [5, 5.41) is 7.38. The molecule has 7 nitrogen and oxygen atoms in total. The van der Waals surface area contributed by atoms with Gasteiger partial charge >= 0.3 is 0 Å². The topological polar surface area (TPSA) is 75.6 Å². The van der Waals surface area contributed by atoms with Gasteiger partial charge in [-0.3, -0.25) is 9.59 Å². The number of piperazine rings is 1. The van der Waals surface area contributed by atoms with Crippen molar-refractivity contribution in [3.05, 3.63) is 67.2 Å². The van der Waals surface area contributed by atoms with E-state index in [1.807, 2.05) is 30.2 Å². The number of nitrogens with zero attached hydrogens (tertiary/aromatic N) is 2. The molecule has 2 atom stereocenters. The maximum absolute atomic E-state index is 15.9. The van der Waals surface area contributed by atoms with Gasteiger partial charge in [0.05, 0.1) is 18.0 Å². The Morgan fingerprint density at radius 2 is 1.76 bits per heavy atom. The number of carbonyl (C=O) groups is 1. The van der Waals surface area contributed by atoms with E-state index in [2.05, 4.69) is 24.5 Å². The Morgan fingerprint density at radius 1 is 1.12 bits per heavy atom. The van der Waals surface area contributed by atoms with E-state index in [9.17, 15) is 9.59 Å². The number of rotatable bonds is 6. The third-order valence-corrected chi connectivity index (χ3v) is 8.60. The monoisotopic (exact) mass is 618 g/mol. The molecule has 10 heteroatoms. The molecule has 2 fully saturated rings. The van der Waals surface area contributed by atoms with Crippen molar-refractivity contribution in [1.29, 1.82) is 0 Å². The molecule has 2 heterocycles. The quantitative estimate of drug-likeness (QED) is 0.310. The average molecular weight is 620 g/mol. The summed E-state index contributed by atoms with van der Waals surface area (Å²) < 4.78 is 23.7. The lowest BCUT2D eigenvalue weighted by Gasteiger charge is -2.38. The normalized spacial score (nSPS) is 19.0. The predicted octanol–water partition coefficient (Wildman–Crippen LogP) is 7.02. The van der Waals surface area contributed by atoms with Crippen LogP contribution < -0.4 is 25.7 Å². The van der Waals surface area contributed by atoms with Crippen LogP contribution in [0.4, 0.5) is 10.1 Å². The van der Waals surface area contributed by atoms with Crippen molar-refractivity contribution in [2.24, 2.45) is 0 Å². The maximum Gasteiger partial charge on any atom is 0.257 e. The molecule has 2 aromatic carbocycles. The van der Waals surface area contributed by atoms with E-state index in [0.717, 1.165) is 31.2 Å². The lowest BCUT2D eigenvalue weighted by molar-refractivity contribution is 0.0949. The standard InChI is InChI=1S/C30H35Cl2FN4O3.C2H6/c1-16-9-19(31)10-24(32)22(16)12-34-30(39)23-15-37(20-7-5-6-8-20)26-21(28(23)38)11-25(33)27(29(26)40-4)36-13-17(2)35-18(3)14-36;1-2/h9-11,15,17-18,20,35H,5-8,12-14H2,1-4H3,(H,34,39);1-2H3. The van der Waals surface area contributed by atoms with Gasteiger partial charge < -0.3 is 24.8 Å². The summed E-state index contributed by atoms with van der Waals surface area (Å²) >= 11 is 12.5. The van der Waals surface area contributed by atoms with Crippen molar-refractivity contribution < 1.29 is 13.9 Å². The number of anilines is 1. The van der Waals surface area contributed by atoms with Gasteiger partial charge in [0, 0.05) is 54.0 Å². The van der Waals surface area contributed by atoms with Crippen LogP contribution in [-0.4, -0.2) is 42.8 Å². The summed E-state index contributed by atoms with van der Waals surface area (Å²) in [6.07, 6.45) is 5.50. The summed E-state index contributed by atoms with van der Waals surface area (Å²) in [7, 11) is 1.51. The second kappa shape index (κ2) is 13.7. The molecule has 2 unspecified atom stereocenters. The van der Waals surface area contributed by atoms with Crippen LogP contribution in [0.3, 0.4) is 0 Å². The number of fused-ring (bicyclic) bond motifs is 1. The molecule has 228 valence electrons. The second-order valence-corrected chi connectivity index (χ2v) is 11.9. The van der Waals surface area contributed by atoms with Crippen LogP contribution in [0.5, 0.6) is 5.75 Å². The number of benzene rings is 2. The van der Waals surface area contributed by atoms with Crippen molar-refractivity contribution in [1.82, 2.24) is 15.2 Å². The minimum atomic E-state index is -0.544. The Labute approximate surface area is 257 Å². The van der Waals surface area contributed by atoms with E-state index < -0.39 is 17.2 Å². The van der Waals surface area contributed by atoms with Gasteiger partial charge in [0.25, 0.3) is 5.91 Å². The van der Waals surface area contributed by atoms with Gasteiger partial charge in [0.15, 0.2) is 11.6 Å². The molecular weight excluding hydrogens is 578 g/mol. The Hall–Kier alpha value is -2.81. The molecule has 1 saturated heterocycles. The number of ether oxygens (including phenoxy) is 1. The number of nitrogens with one attached hydrogen (secondary N) is 2. The molecule has 1 aromatic heterocycles. The molecule has 1 aliphatic heterocycles. The first-order valence-corrected chi connectivity index (χ1v) is 15.5. The molecule has 42 heavy (non-hydrogen) atoms. The Bertz CT molecular complexity index is 1490. The van der Waals surface area contributed by atoms with Crippen molar-refractivity contribution in [3.8, 4) is 5.75 Å². The van der Waals surface area contributed by atoms with Gasteiger partial charge in [-0.15, -0.1) is 0 Å². The molecule has 1 aliphatic carbocycles. The van der Waals surface area contributed by atoms with Crippen molar-refractivity contribution in [2.75, 3.05) is 25.1 Å². The SMILES string of the molecule is CC.COc1c(N2CC(C)NC(C)C2)c(F)cc2c(=O)c(C(=O)NCc3c(C)cc(Cl)cc3Cl)cn(C3CCCC3)c12. The first-order valence-electron chi connectivity index (χ1n) is 14.8. The first-order chi connectivity index (χ1) is 20.1. The van der Waals surface area contributed by atoms with E-state index in [1.54, 1.807) is 18.3 Å². The molecule has 0 bridgehead atoms. The molecular formula is C32H41Cl2FN4O3. The van der Waals surface area contributed by atoms with Gasteiger partial charge in [-0.05, 0) is 62.9 Å². The summed E-state index contributed by atoms with van der Waals surface area (Å²) in [5.41, 5.74) is 1.85. The minimum Gasteiger partial charge on any atom is -0.492 e. The van der Waals surface area contributed by atoms with Gasteiger partial charge in [-0.25, -0.2) is 4.39 Å². The number of amides is 1. The van der Waals surface area contributed by atoms with Gasteiger partial charge in [0.1, 0.15) is 11.3 Å². The molecule has 1 amide bonds. The Kier molecular flexibility index (Phi) is 10.4. The largest absolute Gasteiger partial charge is 0.492 e. The average Bonchev–Trinajstić information content (AvgIpc) is 3.47. The second-order valence-electron chi connectivity index (χ2n) is 11.1. The maximum atomic E-state index is 15.9. The highest BCUT2D eigenvalue weighted by Gasteiger charge is 2.31. The molecule has 0 radical (unpaired) electrons. The zero-order chi connectivity index (χ0) is 30.7. The van der Waals surface area contributed by atoms with Crippen LogP contribution in [0.25, 0.3) is 10.9 Å². The number of pyridine rings is 1. The molecule has 1 saturated carbocycles. The number of methoxy groups -OCH3 is 1. The van der Waals surface area contributed by atoms with Gasteiger partial charge in [0.2, 0.25) is 5.43 Å². The lowest BCUT2D eigenvalue weighted by atomic mass is 10.0. The summed E-state index contributed by atoms with van der Waals surface area (Å²) in [6.45, 7) is 11.3. The fourth-order valence-corrected chi connectivity index (χ4v) is 6.95. The van der Waals surface area contributed by atoms with Crippen molar-refractivity contribution in [3.63, 3.8) is 0 Å². The van der Waals surface area contributed by atoms with Crippen LogP contribution in [0, 0.1) is 12.7 Å². The van der Waals surface area contributed by atoms with E-state index in [1.165, 1.54) is 13.2 Å². The summed E-state index contributed by atoms with van der Waals surface area (Å²) in [4.78, 5) is 29.2. The summed E-state index contributed by atoms with van der Waals surface area (Å²) in [6, 6.07) is 5.04. The van der Waals surface area contributed by atoms with Gasteiger partial charge in [-0.1, -0.05) is 49.9 Å². The summed E-state index contributed by atoms with van der Waals surface area (Å²) in [5.74, 6) is -0.755. The fraction of sp³-hybridized carbons (Fsp3) is 0.500. The highest BCUT2D eigenvalue weighted by molar-refractivity contribution is 6.35. The lowest BCUT2D eigenvalue weighted by Crippen LogP contribution is -2.54. The van der Waals surface area contributed by atoms with Gasteiger partial charge in [-0.2, -0.15) is 0 Å². The number of halogens is 3. The molecule has 0 spiro atoms. The smallest absolute Gasteiger partial charge is 0.257 e. The first kappa shape index (κ1) is 32.1. The van der Waals surface area contributed by atoms with E-state index >= 15 is 4.39 Å². The number of aromatic nitrogens is 1. The third kappa shape index (κ3) is 6.41. The van der Waals surface area contributed by atoms with E-state index in [0.29, 0.717) is 45.7 Å². The molecule has 5 rings (SSSR count). The highest BCUT2D eigenvalue weighted by Crippen LogP contribution is 2.42. The van der Waals surface area contributed by atoms with Crippen LogP contribution >= 0.6 is 23.2 Å². The molecule has 3 aromatic rings. The zero-order valence-corrected chi connectivity index (χ0v) is 26.8. The number of aryl methyl sites for hydroxylation is 1. The highest BCUT2D eigenvalue weighted by atomic mass is 35.5. The van der Waals surface area contributed by atoms with Crippen molar-refractivity contribution in [2.45, 2.75) is 85.0 Å². The predicted molar refractivity (Wildman–Crippen MR) is 170 cm³/mol. The van der Waals surface area contributed by atoms with E-state index in [4.69, 9.17) is 27.9 Å². The van der Waals surface area contributed by atoms with Crippen LogP contribution in [-0.2, 0) is 6.54 Å². The molecule has 2 N–H and O–H groups in total. The zero-order valence-electron chi connectivity index (χ0n) is 25.2. The number of hydrogen-bond acceptors (Lipinski definition) is 5. The van der Waals surface area contributed by atoms with E-state index in [-0.39, 0.29) is 35.6 Å². The minimum absolute atomic E-state index is 0.0410. The Balaban J connectivity index is 0.00000198. The third-order valence-electron chi connectivity index (χ3n) is 8.05. The van der Waals surface area contributed by atoms with Crippen molar-refractivity contribution >= 4 is 45.7 Å². The fourth-order valence-electron chi connectivity index (χ4n) is 6.29. The van der Waals surface area contributed by atoms with Crippen LogP contribution in [0.2, 0.25) is 10.0 Å². The molecule has 2 aliphatic rings. The van der Waals surface area contributed by atoms with Crippen LogP contribution in [0.15, 0.2) is 29.2 Å². The number of carbonyl (C=O) groups excluding carboxylic acids is 1. The number of hydrogen-bond donors (Lipinski definition) is 2.